The first kappa shape index (κ1) is 26.9. The van der Waals surface area contributed by atoms with E-state index in [4.69, 9.17) is 4.74 Å². The molecule has 0 aliphatic rings. The molecule has 2 heterocycles. The van der Waals surface area contributed by atoms with Crippen LogP contribution in [0.5, 0.6) is 5.75 Å². The van der Waals surface area contributed by atoms with E-state index in [1.165, 1.54) is 4.57 Å². The molecule has 0 bridgehead atoms. The molecule has 0 fully saturated rings. The zero-order valence-electron chi connectivity index (χ0n) is 21.9. The lowest BCUT2D eigenvalue weighted by molar-refractivity contribution is -0.124. The molecule has 0 aliphatic heterocycles. The van der Waals surface area contributed by atoms with E-state index in [9.17, 15) is 19.5 Å². The van der Waals surface area contributed by atoms with Crippen LogP contribution in [0.1, 0.15) is 45.3 Å². The maximum absolute atomic E-state index is 13.0. The number of aryl methyl sites for hydroxylation is 1. The smallest absolute Gasteiger partial charge is 0.331 e. The highest BCUT2D eigenvalue weighted by atomic mass is 16.5. The van der Waals surface area contributed by atoms with E-state index in [1.54, 1.807) is 23.6 Å². The zero-order chi connectivity index (χ0) is 27.2. The molecule has 3 N–H and O–H groups in total. The van der Waals surface area contributed by atoms with Crippen molar-refractivity contribution in [2.45, 2.75) is 58.8 Å². The summed E-state index contributed by atoms with van der Waals surface area (Å²) in [7, 11) is 0. The van der Waals surface area contributed by atoms with Gasteiger partial charge in [-0.1, -0.05) is 44.2 Å². The molecule has 2 aromatic carbocycles. The Morgan fingerprint density at radius 2 is 1.66 bits per heavy atom. The van der Waals surface area contributed by atoms with Crippen LogP contribution in [0.4, 0.5) is 0 Å². The van der Waals surface area contributed by atoms with Gasteiger partial charge in [-0.3, -0.25) is 18.7 Å². The minimum atomic E-state index is -0.824. The molecular weight excluding hydrogens is 484 g/mol. The first-order valence-corrected chi connectivity index (χ1v) is 13.0. The monoisotopic (exact) mass is 518 g/mol. The first-order valence-electron chi connectivity index (χ1n) is 13.0. The Morgan fingerprint density at radius 3 is 2.32 bits per heavy atom. The summed E-state index contributed by atoms with van der Waals surface area (Å²) in [5.41, 5.74) is 2.65. The molecule has 1 amide bonds. The second kappa shape index (κ2) is 12.0. The second-order valence-electron chi connectivity index (χ2n) is 9.36. The number of carbonyl (C=O) groups excluding carboxylic acids is 1. The largest absolute Gasteiger partial charge is 0.484 e. The van der Waals surface area contributed by atoms with Gasteiger partial charge in [-0.25, -0.2) is 4.79 Å². The van der Waals surface area contributed by atoms with Crippen LogP contribution in [0.2, 0.25) is 0 Å². The number of nitrogens with one attached hydrogen (secondary N) is 2. The quantitative estimate of drug-likeness (QED) is 0.280. The Kier molecular flexibility index (Phi) is 8.48. The van der Waals surface area contributed by atoms with Crippen molar-refractivity contribution in [1.82, 2.24) is 19.4 Å². The van der Waals surface area contributed by atoms with Crippen LogP contribution in [0.25, 0.3) is 22.3 Å². The van der Waals surface area contributed by atoms with E-state index in [-0.39, 0.29) is 23.8 Å². The van der Waals surface area contributed by atoms with Crippen LogP contribution < -0.4 is 21.3 Å². The van der Waals surface area contributed by atoms with Gasteiger partial charge in [0.05, 0.1) is 17.7 Å². The van der Waals surface area contributed by atoms with Gasteiger partial charge in [0.15, 0.2) is 6.61 Å². The Labute approximate surface area is 220 Å². The number of hydrogen-bond donors (Lipinski definition) is 3. The Hall–Kier alpha value is -4.11. The standard InChI is InChI=1S/C29H34N4O5/c1-4-15-32-24-17-23(31-26(24)28(36)33(16-5-2)29(32)37)20-11-13-22(14-12-20)38-18-25(34)30-19(3)27(35)21-9-7-6-8-10-21/h6-14,17,19,27,31,35H,4-5,15-16,18H2,1-3H3,(H,30,34)/t19-,27+/m1/s1. The number of aliphatic hydroxyl groups excluding tert-OH is 1. The lowest BCUT2D eigenvalue weighted by Gasteiger charge is -2.20. The molecule has 38 heavy (non-hydrogen) atoms. The number of carbonyl (C=O) groups is 1. The molecule has 0 radical (unpaired) electrons. The number of fused-ring (bicyclic) bond motifs is 1. The number of H-pyrrole nitrogens is 1. The van der Waals surface area contributed by atoms with Gasteiger partial charge in [0, 0.05) is 18.8 Å². The summed E-state index contributed by atoms with van der Waals surface area (Å²) in [6.45, 7) is 6.36. The van der Waals surface area contributed by atoms with Crippen molar-refractivity contribution in [2.24, 2.45) is 0 Å². The predicted octanol–water partition coefficient (Wildman–Crippen LogP) is 3.60. The van der Waals surface area contributed by atoms with Crippen molar-refractivity contribution < 1.29 is 14.6 Å². The molecule has 4 rings (SSSR count). The summed E-state index contributed by atoms with van der Waals surface area (Å²) in [6.07, 6.45) is 0.631. The number of amides is 1. The van der Waals surface area contributed by atoms with E-state index >= 15 is 0 Å². The Bertz CT molecular complexity index is 1500. The summed E-state index contributed by atoms with van der Waals surface area (Å²) in [4.78, 5) is 41.5. The number of ether oxygens (including phenoxy) is 1. The normalized spacial score (nSPS) is 12.8. The minimum absolute atomic E-state index is 0.197. The van der Waals surface area contributed by atoms with Crippen molar-refractivity contribution in [3.63, 3.8) is 0 Å². The first-order chi connectivity index (χ1) is 18.3. The summed E-state index contributed by atoms with van der Waals surface area (Å²) < 4.78 is 8.57. The predicted molar refractivity (Wildman–Crippen MR) is 147 cm³/mol. The number of aliphatic hydroxyl groups is 1. The van der Waals surface area contributed by atoms with E-state index in [0.29, 0.717) is 42.0 Å². The van der Waals surface area contributed by atoms with Crippen molar-refractivity contribution in [1.29, 1.82) is 0 Å². The third kappa shape index (κ3) is 5.73. The van der Waals surface area contributed by atoms with E-state index in [0.717, 1.165) is 17.5 Å². The molecule has 0 spiro atoms. The Morgan fingerprint density at radius 1 is 1.00 bits per heavy atom. The summed E-state index contributed by atoms with van der Waals surface area (Å²) in [5, 5.41) is 13.2. The molecule has 0 saturated carbocycles. The van der Waals surface area contributed by atoms with E-state index in [2.05, 4.69) is 10.3 Å². The fraction of sp³-hybridized carbons (Fsp3) is 0.345. The van der Waals surface area contributed by atoms with Crippen LogP contribution in [0.15, 0.2) is 70.3 Å². The van der Waals surface area contributed by atoms with E-state index < -0.39 is 12.1 Å². The van der Waals surface area contributed by atoms with Crippen LogP contribution in [0, 0.1) is 0 Å². The second-order valence-corrected chi connectivity index (χ2v) is 9.36. The average molecular weight is 519 g/mol. The average Bonchev–Trinajstić information content (AvgIpc) is 3.38. The van der Waals surface area contributed by atoms with Crippen molar-refractivity contribution in [3.05, 3.63) is 87.1 Å². The fourth-order valence-electron chi connectivity index (χ4n) is 4.50. The lowest BCUT2D eigenvalue weighted by Crippen LogP contribution is -2.39. The highest BCUT2D eigenvalue weighted by Gasteiger charge is 2.19. The van der Waals surface area contributed by atoms with Crippen molar-refractivity contribution >= 4 is 16.9 Å². The molecule has 4 aromatic rings. The van der Waals surface area contributed by atoms with Crippen molar-refractivity contribution in [3.8, 4) is 17.0 Å². The third-order valence-corrected chi connectivity index (χ3v) is 6.44. The molecule has 200 valence electrons. The topological polar surface area (TPSA) is 118 Å². The fourth-order valence-corrected chi connectivity index (χ4v) is 4.50. The molecule has 9 nitrogen and oxygen atoms in total. The molecule has 9 heteroatoms. The van der Waals surface area contributed by atoms with Crippen LogP contribution in [-0.4, -0.2) is 37.8 Å². The van der Waals surface area contributed by atoms with Crippen LogP contribution >= 0.6 is 0 Å². The van der Waals surface area contributed by atoms with Gasteiger partial charge in [-0.05, 0) is 61.2 Å². The Balaban J connectivity index is 1.45. The SMILES string of the molecule is CCCn1c(=O)c2[nH]c(-c3ccc(OCC(=O)N[C@H](C)[C@H](O)c4ccccc4)cc3)cc2n(CCC)c1=O. The summed E-state index contributed by atoms with van der Waals surface area (Å²) in [5.74, 6) is 0.161. The van der Waals surface area contributed by atoms with Gasteiger partial charge >= 0.3 is 5.69 Å². The van der Waals surface area contributed by atoms with E-state index in [1.807, 2.05) is 62.4 Å². The van der Waals surface area contributed by atoms with Gasteiger partial charge in [0.1, 0.15) is 11.3 Å². The highest BCUT2D eigenvalue weighted by Crippen LogP contribution is 2.24. The number of aromatic nitrogens is 3. The van der Waals surface area contributed by atoms with Gasteiger partial charge in [0.25, 0.3) is 11.5 Å². The number of nitrogens with zero attached hydrogens (tertiary/aromatic N) is 2. The van der Waals surface area contributed by atoms with Crippen LogP contribution in [-0.2, 0) is 17.9 Å². The summed E-state index contributed by atoms with van der Waals surface area (Å²) >= 11 is 0. The number of rotatable bonds is 11. The molecule has 2 aromatic heterocycles. The molecule has 0 aliphatic carbocycles. The lowest BCUT2D eigenvalue weighted by atomic mass is 10.0. The molecular formula is C29H34N4O5. The minimum Gasteiger partial charge on any atom is -0.484 e. The highest BCUT2D eigenvalue weighted by molar-refractivity contribution is 5.82. The van der Waals surface area contributed by atoms with Gasteiger partial charge < -0.3 is 20.1 Å². The number of hydrogen-bond acceptors (Lipinski definition) is 5. The van der Waals surface area contributed by atoms with Gasteiger partial charge in [-0.15, -0.1) is 0 Å². The third-order valence-electron chi connectivity index (χ3n) is 6.44. The zero-order valence-corrected chi connectivity index (χ0v) is 21.9. The molecule has 0 unspecified atom stereocenters. The maximum atomic E-state index is 13.0. The maximum Gasteiger partial charge on any atom is 0.331 e. The number of benzene rings is 2. The summed E-state index contributed by atoms with van der Waals surface area (Å²) in [6, 6.07) is 17.6. The van der Waals surface area contributed by atoms with Gasteiger partial charge in [0.2, 0.25) is 0 Å². The van der Waals surface area contributed by atoms with Crippen molar-refractivity contribution in [2.75, 3.05) is 6.61 Å². The molecule has 0 saturated heterocycles. The van der Waals surface area contributed by atoms with Crippen LogP contribution in [0.3, 0.4) is 0 Å². The number of aromatic amines is 1. The van der Waals surface area contributed by atoms with Gasteiger partial charge in [-0.2, -0.15) is 0 Å². The molecule has 2 atom stereocenters.